The van der Waals surface area contributed by atoms with Crippen LogP contribution in [0.25, 0.3) is 0 Å². The van der Waals surface area contributed by atoms with Gasteiger partial charge in [-0.3, -0.25) is 9.59 Å². The molecule has 2 aliphatic rings. The number of amides is 2. The average molecular weight is 297 g/mol. The highest BCUT2D eigenvalue weighted by atomic mass is 16.5. The molecule has 1 aliphatic carbocycles. The number of nitrogens with one attached hydrogen (secondary N) is 1. The molecule has 1 heterocycles. The third-order valence-electron chi connectivity index (χ3n) is 4.31. The Balaban J connectivity index is 1.84. The largest absolute Gasteiger partial charge is 0.378 e. The Hall–Kier alpha value is -1.14. The molecule has 6 nitrogen and oxygen atoms in total. The van der Waals surface area contributed by atoms with Crippen molar-refractivity contribution in [3.8, 4) is 0 Å². The number of carbonyl (C=O) groups is 2. The summed E-state index contributed by atoms with van der Waals surface area (Å²) in [6, 6.07) is 0. The van der Waals surface area contributed by atoms with Crippen molar-refractivity contribution in [2.24, 2.45) is 0 Å². The molecule has 1 saturated heterocycles. The van der Waals surface area contributed by atoms with Gasteiger partial charge in [0.15, 0.2) is 0 Å². The Bertz CT molecular complexity index is 378. The second kappa shape index (κ2) is 7.22. The fourth-order valence-corrected chi connectivity index (χ4v) is 3.11. The lowest BCUT2D eigenvalue weighted by atomic mass is 9.79. The Morgan fingerprint density at radius 2 is 1.90 bits per heavy atom. The molecule has 2 fully saturated rings. The van der Waals surface area contributed by atoms with E-state index in [1.165, 1.54) is 0 Å². The molecule has 2 amide bonds. The Kier molecular flexibility index (Phi) is 5.58. The summed E-state index contributed by atoms with van der Waals surface area (Å²) in [5.74, 6) is 0.0443. The van der Waals surface area contributed by atoms with Crippen molar-refractivity contribution in [3.63, 3.8) is 0 Å². The molecule has 0 aromatic carbocycles. The highest BCUT2D eigenvalue weighted by Gasteiger charge is 2.46. The van der Waals surface area contributed by atoms with E-state index < -0.39 is 5.54 Å². The number of carbonyl (C=O) groups excluding carboxylic acids is 2. The van der Waals surface area contributed by atoms with E-state index >= 15 is 0 Å². The number of piperazine rings is 1. The van der Waals surface area contributed by atoms with Gasteiger partial charge in [-0.25, -0.2) is 0 Å². The second-order valence-corrected chi connectivity index (χ2v) is 6.33. The smallest absolute Gasteiger partial charge is 0.248 e. The van der Waals surface area contributed by atoms with E-state index in [-0.39, 0.29) is 18.4 Å². The molecule has 0 aromatic rings. The molecular formula is C15H27N3O3. The van der Waals surface area contributed by atoms with Crippen LogP contribution < -0.4 is 5.32 Å². The van der Waals surface area contributed by atoms with Gasteiger partial charge in [0.2, 0.25) is 11.8 Å². The van der Waals surface area contributed by atoms with Gasteiger partial charge < -0.3 is 19.9 Å². The van der Waals surface area contributed by atoms with E-state index in [2.05, 4.69) is 10.2 Å². The van der Waals surface area contributed by atoms with Crippen LogP contribution in [0, 0.1) is 0 Å². The number of hydrogen-bond donors (Lipinski definition) is 1. The minimum absolute atomic E-state index is 0.0372. The summed E-state index contributed by atoms with van der Waals surface area (Å²) < 4.78 is 5.54. The normalized spacial score (nSPS) is 22.0. The van der Waals surface area contributed by atoms with Gasteiger partial charge in [0.1, 0.15) is 5.54 Å². The zero-order chi connectivity index (χ0) is 15.3. The molecule has 2 rings (SSSR count). The highest BCUT2D eigenvalue weighted by molar-refractivity contribution is 5.98. The first-order valence-electron chi connectivity index (χ1n) is 7.86. The first kappa shape index (κ1) is 16.2. The zero-order valence-corrected chi connectivity index (χ0v) is 13.2. The molecule has 1 saturated carbocycles. The monoisotopic (exact) mass is 297 g/mol. The van der Waals surface area contributed by atoms with Crippen LogP contribution >= 0.6 is 0 Å². The lowest BCUT2D eigenvalue weighted by Gasteiger charge is -2.44. The summed E-state index contributed by atoms with van der Waals surface area (Å²) >= 11 is 0. The van der Waals surface area contributed by atoms with E-state index in [0.29, 0.717) is 19.8 Å². The minimum Gasteiger partial charge on any atom is -0.378 e. The quantitative estimate of drug-likeness (QED) is 0.713. The maximum absolute atomic E-state index is 12.7. The molecule has 0 bridgehead atoms. The number of hydrogen-bond acceptors (Lipinski definition) is 4. The molecular weight excluding hydrogens is 270 g/mol. The maximum atomic E-state index is 12.7. The molecule has 1 aliphatic heterocycles. The average Bonchev–Trinajstić information content (AvgIpc) is 2.44. The van der Waals surface area contributed by atoms with Crippen LogP contribution in [-0.2, 0) is 14.3 Å². The molecule has 6 heteroatoms. The van der Waals surface area contributed by atoms with Gasteiger partial charge in [0, 0.05) is 13.1 Å². The van der Waals surface area contributed by atoms with Crippen molar-refractivity contribution in [1.29, 1.82) is 0 Å². The minimum atomic E-state index is -0.628. The molecule has 0 radical (unpaired) electrons. The van der Waals surface area contributed by atoms with Gasteiger partial charge in [-0.1, -0.05) is 19.3 Å². The lowest BCUT2D eigenvalue weighted by molar-refractivity contribution is -0.152. The highest BCUT2D eigenvalue weighted by Crippen LogP contribution is 2.31. The fourth-order valence-electron chi connectivity index (χ4n) is 3.11. The van der Waals surface area contributed by atoms with Gasteiger partial charge in [0.05, 0.1) is 19.8 Å². The van der Waals surface area contributed by atoms with E-state index in [1.807, 2.05) is 14.1 Å². The van der Waals surface area contributed by atoms with Gasteiger partial charge in [-0.05, 0) is 26.9 Å². The van der Waals surface area contributed by atoms with Gasteiger partial charge in [-0.15, -0.1) is 0 Å². The van der Waals surface area contributed by atoms with E-state index in [1.54, 1.807) is 4.90 Å². The Morgan fingerprint density at radius 3 is 2.57 bits per heavy atom. The Morgan fingerprint density at radius 1 is 1.19 bits per heavy atom. The van der Waals surface area contributed by atoms with Crippen molar-refractivity contribution < 1.29 is 14.3 Å². The first-order valence-corrected chi connectivity index (χ1v) is 7.86. The maximum Gasteiger partial charge on any atom is 0.248 e. The van der Waals surface area contributed by atoms with Crippen molar-refractivity contribution in [2.75, 3.05) is 46.9 Å². The van der Waals surface area contributed by atoms with Gasteiger partial charge in [-0.2, -0.15) is 0 Å². The van der Waals surface area contributed by atoms with E-state index in [9.17, 15) is 9.59 Å². The number of likely N-dealkylation sites (N-methyl/N-ethyl adjacent to an activating group) is 1. The third kappa shape index (κ3) is 4.17. The van der Waals surface area contributed by atoms with Crippen LogP contribution in [0.1, 0.15) is 32.1 Å². The summed E-state index contributed by atoms with van der Waals surface area (Å²) in [6.45, 7) is 2.66. The standard InChI is InChI=1S/C15H27N3O3/c1-17(2)8-10-21-11-9-18-12-13(19)16-15(14(18)20)6-4-3-5-7-15/h3-12H2,1-2H3,(H,16,19). The summed E-state index contributed by atoms with van der Waals surface area (Å²) in [7, 11) is 3.99. The summed E-state index contributed by atoms with van der Waals surface area (Å²) in [4.78, 5) is 28.3. The second-order valence-electron chi connectivity index (χ2n) is 6.33. The van der Waals surface area contributed by atoms with Crippen molar-refractivity contribution >= 4 is 11.8 Å². The summed E-state index contributed by atoms with van der Waals surface area (Å²) in [5.41, 5.74) is -0.628. The van der Waals surface area contributed by atoms with Crippen LogP contribution in [0.4, 0.5) is 0 Å². The molecule has 1 spiro atoms. The van der Waals surface area contributed by atoms with Crippen LogP contribution in [0.3, 0.4) is 0 Å². The van der Waals surface area contributed by atoms with Crippen LogP contribution in [0.2, 0.25) is 0 Å². The number of nitrogens with zero attached hydrogens (tertiary/aromatic N) is 2. The predicted molar refractivity (Wildman–Crippen MR) is 79.9 cm³/mol. The molecule has 0 atom stereocenters. The van der Waals surface area contributed by atoms with Gasteiger partial charge in [0.25, 0.3) is 0 Å². The molecule has 0 aromatic heterocycles. The third-order valence-corrected chi connectivity index (χ3v) is 4.31. The Labute approximate surface area is 126 Å². The van der Waals surface area contributed by atoms with Crippen LogP contribution in [0.5, 0.6) is 0 Å². The number of ether oxygens (including phenoxy) is 1. The van der Waals surface area contributed by atoms with Crippen molar-refractivity contribution in [3.05, 3.63) is 0 Å². The van der Waals surface area contributed by atoms with Crippen LogP contribution in [-0.4, -0.2) is 74.1 Å². The van der Waals surface area contributed by atoms with Crippen LogP contribution in [0.15, 0.2) is 0 Å². The van der Waals surface area contributed by atoms with Crippen molar-refractivity contribution in [2.45, 2.75) is 37.6 Å². The van der Waals surface area contributed by atoms with E-state index in [0.717, 1.165) is 38.6 Å². The molecule has 21 heavy (non-hydrogen) atoms. The van der Waals surface area contributed by atoms with Gasteiger partial charge >= 0.3 is 0 Å². The topological polar surface area (TPSA) is 61.9 Å². The lowest BCUT2D eigenvalue weighted by Crippen LogP contribution is -2.67. The summed E-state index contributed by atoms with van der Waals surface area (Å²) in [5, 5.41) is 2.95. The molecule has 0 unspecified atom stereocenters. The van der Waals surface area contributed by atoms with Crippen molar-refractivity contribution in [1.82, 2.24) is 15.1 Å². The van der Waals surface area contributed by atoms with E-state index in [4.69, 9.17) is 4.74 Å². The predicted octanol–water partition coefficient (Wildman–Crippen LogP) is 0.226. The zero-order valence-electron chi connectivity index (χ0n) is 13.2. The SMILES string of the molecule is CN(C)CCOCCN1CC(=O)NC2(CCCCC2)C1=O. The number of rotatable bonds is 6. The fraction of sp³-hybridized carbons (Fsp3) is 0.867. The first-order chi connectivity index (χ1) is 10.0. The molecule has 1 N–H and O–H groups in total. The summed E-state index contributed by atoms with van der Waals surface area (Å²) in [6.07, 6.45) is 4.72. The molecule has 120 valence electrons.